The van der Waals surface area contributed by atoms with Gasteiger partial charge >= 0.3 is 30.1 Å². The van der Waals surface area contributed by atoms with E-state index in [0.29, 0.717) is 82.6 Å². The number of aliphatic hydroxyl groups is 2. The van der Waals surface area contributed by atoms with Crippen molar-refractivity contribution in [3.63, 3.8) is 0 Å². The first-order valence-electron chi connectivity index (χ1n) is 22.7. The van der Waals surface area contributed by atoms with E-state index in [9.17, 15) is 33.0 Å². The average Bonchev–Trinajstić information content (AvgIpc) is 3.97. The Kier molecular flexibility index (Phi) is 12.3. The third-order valence-corrected chi connectivity index (χ3v) is 16.0. The summed E-state index contributed by atoms with van der Waals surface area (Å²) >= 11 is 0. The van der Waals surface area contributed by atoms with Gasteiger partial charge in [-0.25, -0.2) is 9.59 Å². The maximum absolute atomic E-state index is 15.3. The Morgan fingerprint density at radius 2 is 1.66 bits per heavy atom. The molecule has 1 aliphatic carbocycles. The summed E-state index contributed by atoms with van der Waals surface area (Å²) in [7, 11) is 6.10. The number of benzene rings is 2. The zero-order chi connectivity index (χ0) is 48.6. The maximum Gasteiger partial charge on any atom is 0.490 e. The molecule has 0 radical (unpaired) electrons. The summed E-state index contributed by atoms with van der Waals surface area (Å²) in [5, 5.41) is 33.5. The molecule has 16 nitrogen and oxygen atoms in total. The number of rotatable bonds is 8. The van der Waals surface area contributed by atoms with Crippen LogP contribution >= 0.6 is 0 Å². The minimum absolute atomic E-state index is 0.109. The van der Waals surface area contributed by atoms with Crippen LogP contribution < -0.4 is 15.4 Å². The first kappa shape index (κ1) is 48.3. The molecule has 10 atom stereocenters. The highest BCUT2D eigenvalue weighted by Crippen LogP contribution is 2.68. The third-order valence-electron chi connectivity index (χ3n) is 16.0. The molecule has 6 N–H and O–H groups in total. The van der Waals surface area contributed by atoms with Crippen LogP contribution in [0.15, 0.2) is 48.6 Å². The topological polar surface area (TPSA) is 217 Å². The number of hydrogen-bond acceptors (Lipinski definition) is 14. The predicted octanol–water partition coefficient (Wildman–Crippen LogP) is 3.56. The van der Waals surface area contributed by atoms with E-state index in [1.807, 2.05) is 62.2 Å². The highest BCUT2D eigenvalue weighted by atomic mass is 19.4. The zero-order valence-electron chi connectivity index (χ0n) is 38.6. The van der Waals surface area contributed by atoms with Crippen LogP contribution in [0.1, 0.15) is 68.3 Å². The summed E-state index contributed by atoms with van der Waals surface area (Å²) in [6, 6.07) is 10.8. The number of carbonyl (C=O) groups is 4. The van der Waals surface area contributed by atoms with Crippen LogP contribution in [0.3, 0.4) is 0 Å². The molecule has 2 saturated heterocycles. The molecule has 67 heavy (non-hydrogen) atoms. The van der Waals surface area contributed by atoms with Gasteiger partial charge in [0.25, 0.3) is 0 Å². The largest absolute Gasteiger partial charge is 0.496 e. The van der Waals surface area contributed by atoms with Gasteiger partial charge in [-0.05, 0) is 74.2 Å². The molecular formula is C48H60F3N5O11. The van der Waals surface area contributed by atoms with Crippen molar-refractivity contribution in [2.75, 3.05) is 72.5 Å². The molecule has 3 aromatic rings. The summed E-state index contributed by atoms with van der Waals surface area (Å²) in [6.45, 7) is 6.79. The Hall–Kier alpha value is -5.21. The highest BCUT2D eigenvalue weighted by molar-refractivity contribution is 5.95. The standard InChI is InChI=1S/C46H59N5O9.C2HF3O2/c1-7-42(55)22-27-23-45(40(53)58-5,36-29(14-18-50(25-27)26-42)28-12-9-10-13-32(28)48-36)31-20-30-33(21-34(31)57-4)49(3)38-44(30)16-19-51-17-11-15-43(8-2,37(44)51)39(60-35(52)24-47)46(38,56)41(54)59-6;3-2(4,5)1(6)7/h9-13,15,20-21,27,37-39,48,55-56H,7-8,14,16-19,22-26,47H2,1-6H3;(H,6,7)/t27-,37?,38?,39+,42-,43+,44?,45-,46-;/m0./s1. The molecule has 5 aliphatic heterocycles. The maximum atomic E-state index is 15.3. The SMILES string of the molecule is CC[C@]1(O)C[C@@H]2CN(CCc3c([nH]c4ccccc34)[C@@](C(=O)OC)(c3cc4c(cc3OC)N(C)C3C45CCN4CC=C[C@](CC)(C45)[C@@H](OC(=O)CN)[C@]3(O)C(=O)OC)C2)C1.O=C(O)C(F)(F)F. The van der Waals surface area contributed by atoms with Crippen molar-refractivity contribution in [3.05, 3.63) is 70.9 Å². The Balaban J connectivity index is 0.000000807. The molecule has 1 saturated carbocycles. The molecule has 1 aromatic heterocycles. The lowest BCUT2D eigenvalue weighted by molar-refractivity contribution is -0.228. The van der Waals surface area contributed by atoms with E-state index in [0.717, 1.165) is 33.4 Å². The van der Waals surface area contributed by atoms with Crippen molar-refractivity contribution < 1.29 is 66.6 Å². The van der Waals surface area contributed by atoms with Crippen molar-refractivity contribution in [2.24, 2.45) is 17.1 Å². The van der Waals surface area contributed by atoms with Crippen molar-refractivity contribution in [1.29, 1.82) is 0 Å². The minimum atomic E-state index is -5.08. The van der Waals surface area contributed by atoms with E-state index in [1.54, 1.807) is 7.11 Å². The van der Waals surface area contributed by atoms with E-state index < -0.39 is 76.2 Å². The molecule has 6 heterocycles. The van der Waals surface area contributed by atoms with Crippen LogP contribution in [0.2, 0.25) is 0 Å². The number of aliphatic carboxylic acids is 1. The second kappa shape index (κ2) is 17.1. The van der Waals surface area contributed by atoms with Gasteiger partial charge in [0.15, 0.2) is 6.10 Å². The second-order valence-corrected chi connectivity index (χ2v) is 19.1. The Bertz CT molecular complexity index is 2500. The van der Waals surface area contributed by atoms with Gasteiger partial charge in [-0.1, -0.05) is 44.2 Å². The van der Waals surface area contributed by atoms with Crippen LogP contribution in [0.5, 0.6) is 5.75 Å². The van der Waals surface area contributed by atoms with Crippen LogP contribution in [-0.4, -0.2) is 157 Å². The summed E-state index contributed by atoms with van der Waals surface area (Å²) < 4.78 is 55.7. The fourth-order valence-electron chi connectivity index (χ4n) is 13.5. The molecule has 9 rings (SSSR count). The molecule has 2 bridgehead atoms. The molecular weight excluding hydrogens is 880 g/mol. The lowest BCUT2D eigenvalue weighted by Gasteiger charge is -2.63. The molecule has 4 unspecified atom stereocenters. The first-order valence-corrected chi connectivity index (χ1v) is 22.7. The van der Waals surface area contributed by atoms with Gasteiger partial charge < -0.3 is 49.9 Å². The molecule has 19 heteroatoms. The molecule has 0 amide bonds. The van der Waals surface area contributed by atoms with Gasteiger partial charge in [-0.3, -0.25) is 19.4 Å². The highest BCUT2D eigenvalue weighted by Gasteiger charge is 2.80. The quantitative estimate of drug-likeness (QED) is 0.124. The number of nitrogens with one attached hydrogen (secondary N) is 1. The first-order chi connectivity index (χ1) is 31.7. The van der Waals surface area contributed by atoms with E-state index >= 15 is 4.79 Å². The number of aromatic nitrogens is 1. The van der Waals surface area contributed by atoms with Gasteiger partial charge in [0, 0.05) is 84.0 Å². The van der Waals surface area contributed by atoms with Crippen LogP contribution in [0, 0.1) is 11.3 Å². The monoisotopic (exact) mass is 939 g/mol. The molecule has 364 valence electrons. The number of nitrogens with two attached hydrogens (primary N) is 1. The molecule has 1 spiro atoms. The lowest BCUT2D eigenvalue weighted by atomic mass is 9.47. The van der Waals surface area contributed by atoms with Crippen LogP contribution in [0.25, 0.3) is 10.9 Å². The second-order valence-electron chi connectivity index (χ2n) is 19.1. The number of carboxylic acid groups (broad SMARTS) is 1. The van der Waals surface area contributed by atoms with E-state index in [1.165, 1.54) is 14.2 Å². The number of methoxy groups -OCH3 is 3. The van der Waals surface area contributed by atoms with E-state index in [2.05, 4.69) is 26.9 Å². The van der Waals surface area contributed by atoms with Gasteiger partial charge in [0.05, 0.1) is 39.5 Å². The van der Waals surface area contributed by atoms with Crippen molar-refractivity contribution in [3.8, 4) is 5.75 Å². The minimum Gasteiger partial charge on any atom is -0.496 e. The number of H-pyrrole nitrogens is 1. The van der Waals surface area contributed by atoms with Gasteiger partial charge in [0.1, 0.15) is 11.2 Å². The average molecular weight is 940 g/mol. The normalized spacial score (nSPS) is 33.9. The van der Waals surface area contributed by atoms with Crippen molar-refractivity contribution in [1.82, 2.24) is 14.8 Å². The number of carbonyl (C=O) groups excluding carboxylic acids is 3. The number of carboxylic acids is 1. The zero-order valence-corrected chi connectivity index (χ0v) is 38.6. The summed E-state index contributed by atoms with van der Waals surface area (Å²) in [4.78, 5) is 62.3. The van der Waals surface area contributed by atoms with Crippen LogP contribution in [0.4, 0.5) is 18.9 Å². The number of halogens is 3. The lowest BCUT2D eigenvalue weighted by Crippen LogP contribution is -2.81. The number of para-hydroxylation sites is 1. The van der Waals surface area contributed by atoms with Gasteiger partial charge in [-0.15, -0.1) is 0 Å². The van der Waals surface area contributed by atoms with E-state index in [4.69, 9.17) is 34.6 Å². The number of fused-ring (bicyclic) bond motifs is 6. The van der Waals surface area contributed by atoms with Gasteiger partial charge in [0.2, 0.25) is 5.60 Å². The number of likely N-dealkylation sites (N-methyl/N-ethyl adjacent to an activating group) is 1. The number of ether oxygens (including phenoxy) is 4. The third kappa shape index (κ3) is 7.04. The Morgan fingerprint density at radius 3 is 2.28 bits per heavy atom. The fourth-order valence-corrected chi connectivity index (χ4v) is 13.5. The molecule has 6 aliphatic rings. The fraction of sp³-hybridized carbons (Fsp3) is 0.583. The summed E-state index contributed by atoms with van der Waals surface area (Å²) in [5.41, 5.74) is 3.96. The number of alkyl halides is 3. The van der Waals surface area contributed by atoms with Gasteiger partial charge in [-0.2, -0.15) is 13.2 Å². The van der Waals surface area contributed by atoms with Crippen LogP contribution in [-0.2, 0) is 50.6 Å². The summed E-state index contributed by atoms with van der Waals surface area (Å²) in [5.74, 6) is -4.52. The number of aromatic amines is 1. The molecule has 3 fully saturated rings. The number of anilines is 1. The summed E-state index contributed by atoms with van der Waals surface area (Å²) in [6.07, 6.45) is 0.643. The molecule has 2 aromatic carbocycles. The number of hydrogen-bond donors (Lipinski definition) is 5. The Labute approximate surface area is 386 Å². The van der Waals surface area contributed by atoms with E-state index in [-0.39, 0.29) is 12.0 Å². The number of nitrogens with zero attached hydrogens (tertiary/aromatic N) is 3. The van der Waals surface area contributed by atoms with Crippen molar-refractivity contribution >= 4 is 40.5 Å². The van der Waals surface area contributed by atoms with Crippen molar-refractivity contribution in [2.45, 2.75) is 98.8 Å². The number of esters is 3. The Morgan fingerprint density at radius 1 is 0.955 bits per heavy atom. The number of piperidine rings is 1. The smallest absolute Gasteiger partial charge is 0.490 e. The predicted molar refractivity (Wildman–Crippen MR) is 237 cm³/mol.